The Morgan fingerprint density at radius 2 is 1.79 bits per heavy atom. The molecule has 2 rings (SSSR count). The smallest absolute Gasteiger partial charge is 0.171 e. The fourth-order valence-corrected chi connectivity index (χ4v) is 1.90. The molecule has 0 saturated carbocycles. The van der Waals surface area contributed by atoms with Crippen molar-refractivity contribution in [1.82, 2.24) is 5.32 Å². The van der Waals surface area contributed by atoms with Crippen LogP contribution in [0.3, 0.4) is 0 Å². The van der Waals surface area contributed by atoms with Gasteiger partial charge in [0.15, 0.2) is 5.11 Å². The van der Waals surface area contributed by atoms with Crippen molar-refractivity contribution in [3.05, 3.63) is 59.1 Å². The monoisotopic (exact) mass is 291 g/mol. The van der Waals surface area contributed by atoms with Crippen molar-refractivity contribution >= 4 is 40.3 Å². The number of benzene rings is 2. The highest BCUT2D eigenvalue weighted by Crippen LogP contribution is 2.13. The van der Waals surface area contributed by atoms with E-state index in [1.54, 1.807) is 0 Å². The van der Waals surface area contributed by atoms with Gasteiger partial charge in [-0.3, -0.25) is 0 Å². The molecule has 98 valence electrons. The van der Waals surface area contributed by atoms with Crippen molar-refractivity contribution < 1.29 is 0 Å². The van der Waals surface area contributed by atoms with Crippen molar-refractivity contribution in [3.8, 4) is 0 Å². The number of nitrogen functional groups attached to an aromatic ring is 1. The van der Waals surface area contributed by atoms with E-state index in [1.165, 1.54) is 0 Å². The van der Waals surface area contributed by atoms with Crippen LogP contribution >= 0.6 is 23.8 Å². The Bertz CT molecular complexity index is 569. The highest BCUT2D eigenvalue weighted by Gasteiger charge is 2.00. The third kappa shape index (κ3) is 4.12. The Kier molecular flexibility index (Phi) is 4.60. The van der Waals surface area contributed by atoms with Crippen LogP contribution in [0.15, 0.2) is 48.5 Å². The molecule has 2 aromatic carbocycles. The Hall–Kier alpha value is -1.78. The van der Waals surface area contributed by atoms with Crippen molar-refractivity contribution in [1.29, 1.82) is 0 Å². The summed E-state index contributed by atoms with van der Waals surface area (Å²) in [6, 6.07) is 15.0. The number of thiocarbonyl (C=S) groups is 1. The maximum atomic E-state index is 5.86. The van der Waals surface area contributed by atoms with E-state index in [9.17, 15) is 0 Å². The Morgan fingerprint density at radius 3 is 2.47 bits per heavy atom. The van der Waals surface area contributed by atoms with Gasteiger partial charge in [-0.15, -0.1) is 0 Å². The fourth-order valence-electron chi connectivity index (χ4n) is 1.58. The second-order valence-electron chi connectivity index (χ2n) is 4.01. The molecule has 19 heavy (non-hydrogen) atoms. The summed E-state index contributed by atoms with van der Waals surface area (Å²) in [6.45, 7) is 0.589. The molecule has 5 heteroatoms. The number of halogens is 1. The zero-order chi connectivity index (χ0) is 13.7. The van der Waals surface area contributed by atoms with Crippen molar-refractivity contribution in [2.45, 2.75) is 6.54 Å². The molecule has 0 aliphatic rings. The summed E-state index contributed by atoms with van der Waals surface area (Å²) in [5, 5.41) is 7.43. The maximum absolute atomic E-state index is 5.86. The Labute approximate surface area is 122 Å². The van der Waals surface area contributed by atoms with Gasteiger partial charge in [0.05, 0.1) is 0 Å². The van der Waals surface area contributed by atoms with Gasteiger partial charge in [0.25, 0.3) is 0 Å². The lowest BCUT2D eigenvalue weighted by molar-refractivity contribution is 0.929. The zero-order valence-corrected chi connectivity index (χ0v) is 11.8. The standard InChI is InChI=1S/C14H14ClN3S/c15-11-5-7-12(8-6-11)18-14(19)17-9-10-3-1-2-4-13(10)16/h1-8H,9,16H2,(H2,17,18,19). The molecule has 0 spiro atoms. The number of nitrogens with one attached hydrogen (secondary N) is 2. The average molecular weight is 292 g/mol. The predicted molar refractivity (Wildman–Crippen MR) is 85.4 cm³/mol. The molecule has 0 amide bonds. The van der Waals surface area contributed by atoms with Gasteiger partial charge in [0.1, 0.15) is 0 Å². The minimum Gasteiger partial charge on any atom is -0.398 e. The third-order valence-electron chi connectivity index (χ3n) is 2.60. The highest BCUT2D eigenvalue weighted by atomic mass is 35.5. The van der Waals surface area contributed by atoms with Gasteiger partial charge in [0.2, 0.25) is 0 Å². The number of rotatable bonds is 3. The van der Waals surface area contributed by atoms with Crippen LogP contribution in [-0.4, -0.2) is 5.11 Å². The summed E-state index contributed by atoms with van der Waals surface area (Å²) in [4.78, 5) is 0. The molecular formula is C14H14ClN3S. The van der Waals surface area contributed by atoms with Crippen molar-refractivity contribution in [3.63, 3.8) is 0 Å². The molecule has 0 bridgehead atoms. The van der Waals surface area contributed by atoms with E-state index in [2.05, 4.69) is 10.6 Å². The first-order valence-corrected chi connectivity index (χ1v) is 6.57. The second-order valence-corrected chi connectivity index (χ2v) is 4.86. The molecule has 0 unspecified atom stereocenters. The number of anilines is 2. The zero-order valence-electron chi connectivity index (χ0n) is 10.2. The van der Waals surface area contributed by atoms with Gasteiger partial charge < -0.3 is 16.4 Å². The van der Waals surface area contributed by atoms with Crippen LogP contribution in [0.5, 0.6) is 0 Å². The molecule has 0 heterocycles. The quantitative estimate of drug-likeness (QED) is 0.599. The lowest BCUT2D eigenvalue weighted by Crippen LogP contribution is -2.28. The first-order chi connectivity index (χ1) is 9.15. The number of hydrogen-bond acceptors (Lipinski definition) is 2. The van der Waals surface area contributed by atoms with Crippen LogP contribution in [0.1, 0.15) is 5.56 Å². The largest absolute Gasteiger partial charge is 0.398 e. The van der Waals surface area contributed by atoms with Crippen LogP contribution in [-0.2, 0) is 6.54 Å². The van der Waals surface area contributed by atoms with Gasteiger partial charge >= 0.3 is 0 Å². The van der Waals surface area contributed by atoms with E-state index in [4.69, 9.17) is 29.6 Å². The molecule has 2 aromatic rings. The summed E-state index contributed by atoms with van der Waals surface area (Å²) in [5.74, 6) is 0. The van der Waals surface area contributed by atoms with Crippen molar-refractivity contribution in [2.24, 2.45) is 0 Å². The van der Waals surface area contributed by atoms with Crippen LogP contribution in [0.4, 0.5) is 11.4 Å². The van der Waals surface area contributed by atoms with Crippen LogP contribution in [0.2, 0.25) is 5.02 Å². The van der Waals surface area contributed by atoms with Crippen LogP contribution < -0.4 is 16.4 Å². The highest BCUT2D eigenvalue weighted by molar-refractivity contribution is 7.80. The molecule has 0 fully saturated rings. The summed E-state index contributed by atoms with van der Waals surface area (Å²) in [7, 11) is 0. The van der Waals surface area contributed by atoms with Gasteiger partial charge in [-0.2, -0.15) is 0 Å². The molecule has 0 aliphatic carbocycles. The first kappa shape index (κ1) is 13.6. The molecule has 0 aliphatic heterocycles. The topological polar surface area (TPSA) is 50.1 Å². The first-order valence-electron chi connectivity index (χ1n) is 5.79. The summed E-state index contributed by atoms with van der Waals surface area (Å²) in [5.41, 5.74) is 8.52. The normalized spacial score (nSPS) is 9.95. The van der Waals surface area contributed by atoms with Gasteiger partial charge in [-0.05, 0) is 48.1 Å². The van der Waals surface area contributed by atoms with E-state index in [-0.39, 0.29) is 0 Å². The Balaban J connectivity index is 1.88. The number of nitrogens with two attached hydrogens (primary N) is 1. The minimum absolute atomic E-state index is 0.547. The van der Waals surface area contributed by atoms with Crippen molar-refractivity contribution in [2.75, 3.05) is 11.1 Å². The van der Waals surface area contributed by atoms with E-state index in [0.717, 1.165) is 16.9 Å². The van der Waals surface area contributed by atoms with Gasteiger partial charge in [-0.1, -0.05) is 29.8 Å². The number of hydrogen-bond donors (Lipinski definition) is 3. The van der Waals surface area contributed by atoms with E-state index < -0.39 is 0 Å². The second kappa shape index (κ2) is 6.41. The predicted octanol–water partition coefficient (Wildman–Crippen LogP) is 3.41. The molecule has 3 nitrogen and oxygen atoms in total. The SMILES string of the molecule is Nc1ccccc1CNC(=S)Nc1ccc(Cl)cc1. The number of para-hydroxylation sites is 1. The summed E-state index contributed by atoms with van der Waals surface area (Å²) < 4.78 is 0. The fraction of sp³-hybridized carbons (Fsp3) is 0.0714. The minimum atomic E-state index is 0.547. The molecule has 0 radical (unpaired) electrons. The van der Waals surface area contributed by atoms with Crippen LogP contribution in [0, 0.1) is 0 Å². The molecule has 0 aromatic heterocycles. The maximum Gasteiger partial charge on any atom is 0.171 e. The Morgan fingerprint density at radius 1 is 1.11 bits per heavy atom. The van der Waals surface area contributed by atoms with E-state index in [1.807, 2.05) is 48.5 Å². The van der Waals surface area contributed by atoms with Gasteiger partial charge in [-0.25, -0.2) is 0 Å². The molecule has 4 N–H and O–H groups in total. The van der Waals surface area contributed by atoms with E-state index >= 15 is 0 Å². The molecule has 0 saturated heterocycles. The lowest BCUT2D eigenvalue weighted by Gasteiger charge is -2.11. The molecule has 0 atom stereocenters. The van der Waals surface area contributed by atoms with Crippen LogP contribution in [0.25, 0.3) is 0 Å². The third-order valence-corrected chi connectivity index (χ3v) is 3.09. The summed E-state index contributed by atoms with van der Waals surface area (Å²) >= 11 is 11.0. The molecular weight excluding hydrogens is 278 g/mol. The van der Waals surface area contributed by atoms with E-state index in [0.29, 0.717) is 16.7 Å². The summed E-state index contributed by atoms with van der Waals surface area (Å²) in [6.07, 6.45) is 0. The average Bonchev–Trinajstić information content (AvgIpc) is 2.40. The van der Waals surface area contributed by atoms with Gasteiger partial charge in [0, 0.05) is 22.9 Å². The lowest BCUT2D eigenvalue weighted by atomic mass is 10.2.